The summed E-state index contributed by atoms with van der Waals surface area (Å²) in [6.07, 6.45) is 0. The molecule has 1 N–H and O–H groups in total. The quantitative estimate of drug-likeness (QED) is 0.850. The van der Waals surface area contributed by atoms with Crippen molar-refractivity contribution in [3.05, 3.63) is 16.6 Å². The molecular formula is C15H19N3O4S3. The number of carbonyl (C=O) groups excluding carboxylic acids is 1. The maximum absolute atomic E-state index is 13.1. The van der Waals surface area contributed by atoms with Crippen molar-refractivity contribution in [3.63, 3.8) is 0 Å². The van der Waals surface area contributed by atoms with Gasteiger partial charge in [-0.05, 0) is 19.9 Å². The Morgan fingerprint density at radius 2 is 1.96 bits per heavy atom. The minimum Gasteiger partial charge on any atom is -0.379 e. The molecule has 3 rings (SSSR count). The predicted molar refractivity (Wildman–Crippen MR) is 98.8 cm³/mol. The Morgan fingerprint density at radius 1 is 1.28 bits per heavy atom. The number of aryl methyl sites for hydroxylation is 2. The zero-order valence-electron chi connectivity index (χ0n) is 14.2. The Balaban J connectivity index is 2.04. The molecule has 7 nitrogen and oxygen atoms in total. The third kappa shape index (κ3) is 3.77. The van der Waals surface area contributed by atoms with E-state index in [1.807, 2.05) is 19.9 Å². The molecule has 0 bridgehead atoms. The highest BCUT2D eigenvalue weighted by molar-refractivity contribution is 7.91. The molecule has 136 valence electrons. The number of amides is 1. The zero-order valence-corrected chi connectivity index (χ0v) is 16.6. The number of nitrogens with one attached hydrogen (secondary N) is 1. The molecule has 10 heteroatoms. The van der Waals surface area contributed by atoms with Crippen LogP contribution in [-0.4, -0.2) is 49.9 Å². The minimum absolute atomic E-state index is 0.206. The van der Waals surface area contributed by atoms with Gasteiger partial charge in [-0.3, -0.25) is 4.79 Å². The van der Waals surface area contributed by atoms with Crippen molar-refractivity contribution in [1.29, 1.82) is 0 Å². The number of morpholine rings is 1. The Kier molecular flexibility index (Phi) is 5.26. The molecule has 0 saturated carbocycles. The molecule has 2 aromatic heterocycles. The molecule has 0 unspecified atom stereocenters. The van der Waals surface area contributed by atoms with Gasteiger partial charge in [-0.1, -0.05) is 11.3 Å². The third-order valence-corrected chi connectivity index (χ3v) is 8.26. The lowest BCUT2D eigenvalue weighted by Gasteiger charge is -2.25. The maximum atomic E-state index is 13.1. The number of nitrogens with zero attached hydrogens (tertiary/aromatic N) is 2. The van der Waals surface area contributed by atoms with E-state index in [1.54, 1.807) is 0 Å². The largest absolute Gasteiger partial charge is 0.379 e. The molecule has 3 heterocycles. The summed E-state index contributed by atoms with van der Waals surface area (Å²) in [6, 6.07) is 1.87. The molecule has 0 spiro atoms. The maximum Gasteiger partial charge on any atom is 0.253 e. The van der Waals surface area contributed by atoms with Crippen LogP contribution in [0.2, 0.25) is 0 Å². The van der Waals surface area contributed by atoms with Crippen LogP contribution in [0.1, 0.15) is 17.5 Å². The monoisotopic (exact) mass is 401 g/mol. The van der Waals surface area contributed by atoms with Gasteiger partial charge in [0.25, 0.3) is 10.0 Å². The van der Waals surface area contributed by atoms with Crippen LogP contribution in [0, 0.1) is 13.8 Å². The van der Waals surface area contributed by atoms with Gasteiger partial charge in [-0.2, -0.15) is 4.31 Å². The van der Waals surface area contributed by atoms with E-state index in [-0.39, 0.29) is 5.91 Å². The molecule has 1 fully saturated rings. The van der Waals surface area contributed by atoms with Crippen LogP contribution in [0.3, 0.4) is 0 Å². The molecular weight excluding hydrogens is 382 g/mol. The van der Waals surface area contributed by atoms with Gasteiger partial charge in [-0.25, -0.2) is 13.4 Å². The summed E-state index contributed by atoms with van der Waals surface area (Å²) in [6.45, 7) is 6.65. The molecule has 0 radical (unpaired) electrons. The number of thiophene rings is 1. The van der Waals surface area contributed by atoms with Gasteiger partial charge in [0.05, 0.1) is 23.8 Å². The normalized spacial score (nSPS) is 16.1. The molecule has 1 saturated heterocycles. The van der Waals surface area contributed by atoms with Crippen molar-refractivity contribution in [2.24, 2.45) is 0 Å². The highest BCUT2D eigenvalue weighted by Gasteiger charge is 2.32. The van der Waals surface area contributed by atoms with Crippen molar-refractivity contribution in [2.45, 2.75) is 25.0 Å². The van der Waals surface area contributed by atoms with Crippen molar-refractivity contribution in [1.82, 2.24) is 9.29 Å². The minimum atomic E-state index is -3.59. The number of thiazole rings is 1. The van der Waals surface area contributed by atoms with Crippen LogP contribution in [0.5, 0.6) is 0 Å². The van der Waals surface area contributed by atoms with Gasteiger partial charge in [0.2, 0.25) is 5.91 Å². The van der Waals surface area contributed by atoms with Crippen LogP contribution in [-0.2, 0) is 19.6 Å². The number of hydrogen-bond acceptors (Lipinski definition) is 7. The Morgan fingerprint density at radius 3 is 2.60 bits per heavy atom. The van der Waals surface area contributed by atoms with Crippen LogP contribution in [0.15, 0.2) is 10.3 Å². The van der Waals surface area contributed by atoms with E-state index < -0.39 is 10.0 Å². The molecule has 1 amide bonds. The second kappa shape index (κ2) is 7.12. The summed E-state index contributed by atoms with van der Waals surface area (Å²) >= 11 is 2.55. The number of rotatable bonds is 4. The lowest BCUT2D eigenvalue weighted by molar-refractivity contribution is -0.114. The highest BCUT2D eigenvalue weighted by Crippen LogP contribution is 2.41. The Bertz CT molecular complexity index is 895. The first-order valence-electron chi connectivity index (χ1n) is 7.73. The summed E-state index contributed by atoms with van der Waals surface area (Å²) in [7, 11) is -3.59. The van der Waals surface area contributed by atoms with Crippen LogP contribution >= 0.6 is 22.7 Å². The summed E-state index contributed by atoms with van der Waals surface area (Å²) in [4.78, 5) is 17.3. The van der Waals surface area contributed by atoms with E-state index in [2.05, 4.69) is 10.3 Å². The van der Waals surface area contributed by atoms with E-state index >= 15 is 0 Å². The predicted octanol–water partition coefficient (Wildman–Crippen LogP) is 2.47. The lowest BCUT2D eigenvalue weighted by Crippen LogP contribution is -2.40. The highest BCUT2D eigenvalue weighted by atomic mass is 32.2. The number of hydrogen-bond donors (Lipinski definition) is 1. The molecule has 1 aliphatic heterocycles. The van der Waals surface area contributed by atoms with Gasteiger partial charge in [0.1, 0.15) is 4.21 Å². The number of carbonyl (C=O) groups is 1. The summed E-state index contributed by atoms with van der Waals surface area (Å²) in [5.41, 5.74) is 1.35. The average molecular weight is 402 g/mol. The van der Waals surface area contributed by atoms with Crippen molar-refractivity contribution in [2.75, 3.05) is 31.6 Å². The molecule has 0 aromatic carbocycles. The van der Waals surface area contributed by atoms with E-state index in [9.17, 15) is 13.2 Å². The second-order valence-electron chi connectivity index (χ2n) is 5.69. The SMILES string of the molecule is CC(=O)Nc1nc(C)c(-c2cc(C)sc2S(=O)(=O)N2CCOCC2)s1. The van der Waals surface area contributed by atoms with E-state index in [4.69, 9.17) is 4.74 Å². The summed E-state index contributed by atoms with van der Waals surface area (Å²) in [5.74, 6) is -0.206. The first kappa shape index (κ1) is 18.5. The number of ether oxygens (including phenoxy) is 1. The number of aromatic nitrogens is 1. The van der Waals surface area contributed by atoms with Gasteiger partial charge in [0.15, 0.2) is 5.13 Å². The molecule has 0 atom stereocenters. The topological polar surface area (TPSA) is 88.6 Å². The van der Waals surface area contributed by atoms with Crippen molar-refractivity contribution < 1.29 is 17.9 Å². The number of sulfonamides is 1. The fourth-order valence-electron chi connectivity index (χ4n) is 2.60. The lowest BCUT2D eigenvalue weighted by atomic mass is 10.2. The Hall–Kier alpha value is -1.33. The van der Waals surface area contributed by atoms with Gasteiger partial charge >= 0.3 is 0 Å². The van der Waals surface area contributed by atoms with Crippen molar-refractivity contribution >= 4 is 43.7 Å². The zero-order chi connectivity index (χ0) is 18.2. The fourth-order valence-corrected chi connectivity index (χ4v) is 6.94. The molecule has 2 aromatic rings. The van der Waals surface area contributed by atoms with Gasteiger partial charge < -0.3 is 10.1 Å². The van der Waals surface area contributed by atoms with E-state index in [0.717, 1.165) is 9.75 Å². The van der Waals surface area contributed by atoms with Crippen LogP contribution in [0.25, 0.3) is 10.4 Å². The van der Waals surface area contributed by atoms with Crippen LogP contribution in [0.4, 0.5) is 5.13 Å². The third-order valence-electron chi connectivity index (χ3n) is 3.69. The van der Waals surface area contributed by atoms with Gasteiger partial charge in [-0.15, -0.1) is 11.3 Å². The van der Waals surface area contributed by atoms with E-state index in [1.165, 1.54) is 33.9 Å². The summed E-state index contributed by atoms with van der Waals surface area (Å²) in [5, 5.41) is 3.13. The Labute approximate surface area is 154 Å². The summed E-state index contributed by atoms with van der Waals surface area (Å²) < 4.78 is 33.2. The second-order valence-corrected chi connectivity index (χ2v) is 10.1. The van der Waals surface area contributed by atoms with Gasteiger partial charge in [0, 0.05) is 30.5 Å². The fraction of sp³-hybridized carbons (Fsp3) is 0.467. The molecule has 25 heavy (non-hydrogen) atoms. The van der Waals surface area contributed by atoms with Crippen molar-refractivity contribution in [3.8, 4) is 10.4 Å². The first-order valence-corrected chi connectivity index (χ1v) is 10.8. The molecule has 1 aliphatic rings. The average Bonchev–Trinajstić information content (AvgIpc) is 3.10. The molecule has 0 aliphatic carbocycles. The van der Waals surface area contributed by atoms with E-state index in [0.29, 0.717) is 46.9 Å². The first-order chi connectivity index (χ1) is 11.8. The number of anilines is 1. The smallest absolute Gasteiger partial charge is 0.253 e. The standard InChI is InChI=1S/C15H19N3O4S3/c1-9-8-12(13-10(2)16-15(24-13)17-11(3)19)14(23-9)25(20,21)18-4-6-22-7-5-18/h8H,4-7H2,1-3H3,(H,16,17,19). The van der Waals surface area contributed by atoms with Crippen LogP contribution < -0.4 is 5.32 Å².